The summed E-state index contributed by atoms with van der Waals surface area (Å²) in [6.45, 7) is 9.24. The first-order chi connectivity index (χ1) is 17.4. The molecule has 0 amide bonds. The molecular weight excluding hydrogens is 463 g/mol. The molecule has 2 aliphatic heterocycles. The molecule has 3 heterocycles. The van der Waals surface area contributed by atoms with Crippen LogP contribution >= 0.6 is 0 Å². The minimum atomic E-state index is -0.675. The van der Waals surface area contributed by atoms with Crippen molar-refractivity contribution in [3.05, 3.63) is 64.9 Å². The molecule has 1 aromatic heterocycles. The van der Waals surface area contributed by atoms with Crippen molar-refractivity contribution in [3.8, 4) is 5.75 Å². The Labute approximate surface area is 211 Å². The summed E-state index contributed by atoms with van der Waals surface area (Å²) in [5.74, 6) is -0.577. The highest BCUT2D eigenvalue weighted by Gasteiger charge is 2.39. The molecule has 36 heavy (non-hydrogen) atoms. The molecule has 0 radical (unpaired) electrons. The van der Waals surface area contributed by atoms with E-state index in [2.05, 4.69) is 23.7 Å². The van der Waals surface area contributed by atoms with E-state index in [1.807, 2.05) is 36.1 Å². The number of hydrogen-bond donors (Lipinski definition) is 1. The number of benzene rings is 2. The first kappa shape index (κ1) is 25.2. The lowest BCUT2D eigenvalue weighted by molar-refractivity contribution is 0.0804. The minimum absolute atomic E-state index is 0.00564. The van der Waals surface area contributed by atoms with Gasteiger partial charge in [-0.25, -0.2) is 8.78 Å². The number of aromatic amines is 1. The maximum Gasteiger partial charge on any atom is 0.135 e. The van der Waals surface area contributed by atoms with Gasteiger partial charge in [0.05, 0.1) is 12.7 Å². The molecule has 3 atom stereocenters. The fourth-order valence-corrected chi connectivity index (χ4v) is 5.83. The summed E-state index contributed by atoms with van der Waals surface area (Å²) < 4.78 is 50.6. The Kier molecular flexibility index (Phi) is 7.31. The quantitative estimate of drug-likeness (QED) is 0.386. The predicted octanol–water partition coefficient (Wildman–Crippen LogP) is 6.11. The van der Waals surface area contributed by atoms with E-state index in [0.29, 0.717) is 13.2 Å². The number of aromatic nitrogens is 1. The third-order valence-corrected chi connectivity index (χ3v) is 7.92. The number of nitrogens with zero attached hydrogens (tertiary/aromatic N) is 2. The molecule has 0 aliphatic carbocycles. The molecule has 1 fully saturated rings. The number of ether oxygens (including phenoxy) is 1. The van der Waals surface area contributed by atoms with Crippen LogP contribution in [-0.4, -0.2) is 60.3 Å². The van der Waals surface area contributed by atoms with E-state index in [-0.39, 0.29) is 23.3 Å². The van der Waals surface area contributed by atoms with Gasteiger partial charge in [-0.15, -0.1) is 0 Å². The normalized spacial score (nSPS) is 21.9. The van der Waals surface area contributed by atoms with Crippen LogP contribution in [0.3, 0.4) is 0 Å². The lowest BCUT2D eigenvalue weighted by atomic mass is 9.87. The number of H-pyrrole nitrogens is 1. The first-order valence-electron chi connectivity index (χ1n) is 13.1. The second kappa shape index (κ2) is 10.5. The molecule has 0 bridgehead atoms. The number of para-hydroxylation sites is 1. The Bertz CT molecular complexity index is 1180. The molecule has 1 saturated heterocycles. The van der Waals surface area contributed by atoms with Gasteiger partial charge in [0.2, 0.25) is 0 Å². The fourth-order valence-electron chi connectivity index (χ4n) is 5.83. The van der Waals surface area contributed by atoms with Crippen molar-refractivity contribution in [2.45, 2.75) is 45.7 Å². The molecule has 194 valence electrons. The van der Waals surface area contributed by atoms with Crippen molar-refractivity contribution >= 4 is 10.9 Å². The van der Waals surface area contributed by atoms with E-state index in [9.17, 15) is 4.39 Å². The number of rotatable bonds is 9. The van der Waals surface area contributed by atoms with Crippen LogP contribution in [0, 0.1) is 23.5 Å². The standard InChI is InChI=1S/C29H36F3N3O/c1-4-20-16-34(17-20)9-10-36-21-12-24(31)27(25(32)13-21)29-28-23(22-7-5-6-8-26(22)33-28)11-19(3)35(29)15-18(2)14-30/h5-8,12-13,18-20,29,33H,4,9-11,14-17H2,1-3H3/t18-,19-,29-/m1/s1. The first-order valence-corrected chi connectivity index (χ1v) is 13.1. The summed E-state index contributed by atoms with van der Waals surface area (Å²) in [6.07, 6.45) is 1.91. The van der Waals surface area contributed by atoms with E-state index in [1.54, 1.807) is 0 Å². The average molecular weight is 500 g/mol. The van der Waals surface area contributed by atoms with Gasteiger partial charge < -0.3 is 9.72 Å². The number of likely N-dealkylation sites (tertiary alicyclic amines) is 1. The van der Waals surface area contributed by atoms with Gasteiger partial charge in [0.25, 0.3) is 0 Å². The second-order valence-corrected chi connectivity index (χ2v) is 10.7. The van der Waals surface area contributed by atoms with E-state index in [1.165, 1.54) is 18.6 Å². The summed E-state index contributed by atoms with van der Waals surface area (Å²) in [5, 5.41) is 1.07. The van der Waals surface area contributed by atoms with Crippen LogP contribution < -0.4 is 4.74 Å². The third kappa shape index (κ3) is 4.75. The second-order valence-electron chi connectivity index (χ2n) is 10.7. The predicted molar refractivity (Wildman–Crippen MR) is 137 cm³/mol. The molecule has 2 aromatic carbocycles. The molecular formula is C29H36F3N3O. The number of alkyl halides is 1. The Morgan fingerprint density at radius 1 is 1.14 bits per heavy atom. The van der Waals surface area contributed by atoms with Crippen LogP contribution in [0.4, 0.5) is 13.2 Å². The zero-order valence-corrected chi connectivity index (χ0v) is 21.4. The Morgan fingerprint density at radius 2 is 1.86 bits per heavy atom. The lowest BCUT2D eigenvalue weighted by Crippen LogP contribution is -2.47. The monoisotopic (exact) mass is 499 g/mol. The van der Waals surface area contributed by atoms with E-state index in [4.69, 9.17) is 4.74 Å². The highest BCUT2D eigenvalue weighted by Crippen LogP contribution is 2.43. The summed E-state index contributed by atoms with van der Waals surface area (Å²) in [6, 6.07) is 9.85. The van der Waals surface area contributed by atoms with Gasteiger partial charge in [0.15, 0.2) is 0 Å². The van der Waals surface area contributed by atoms with Crippen LogP contribution in [0.5, 0.6) is 5.75 Å². The maximum atomic E-state index is 15.7. The number of hydrogen-bond acceptors (Lipinski definition) is 3. The van der Waals surface area contributed by atoms with Crippen molar-refractivity contribution in [1.82, 2.24) is 14.8 Å². The molecule has 3 aromatic rings. The van der Waals surface area contributed by atoms with Crippen molar-refractivity contribution in [1.29, 1.82) is 0 Å². The summed E-state index contributed by atoms with van der Waals surface area (Å²) >= 11 is 0. The average Bonchev–Trinajstić information content (AvgIpc) is 3.19. The molecule has 5 rings (SSSR count). The topological polar surface area (TPSA) is 31.5 Å². The molecule has 0 saturated carbocycles. The number of nitrogens with one attached hydrogen (secondary N) is 1. The van der Waals surface area contributed by atoms with E-state index in [0.717, 1.165) is 54.1 Å². The van der Waals surface area contributed by atoms with Crippen LogP contribution in [0.1, 0.15) is 50.1 Å². The van der Waals surface area contributed by atoms with Crippen LogP contribution in [0.15, 0.2) is 36.4 Å². The van der Waals surface area contributed by atoms with Crippen LogP contribution in [0.2, 0.25) is 0 Å². The summed E-state index contributed by atoms with van der Waals surface area (Å²) in [5.41, 5.74) is 2.79. The van der Waals surface area contributed by atoms with Crippen molar-refractivity contribution in [2.75, 3.05) is 39.5 Å². The zero-order chi connectivity index (χ0) is 25.4. The molecule has 7 heteroatoms. The molecule has 0 spiro atoms. The fraction of sp³-hybridized carbons (Fsp3) is 0.517. The Balaban J connectivity index is 1.46. The Morgan fingerprint density at radius 3 is 2.56 bits per heavy atom. The SMILES string of the molecule is CCC1CN(CCOc2cc(F)c([C@@H]3c4[nH]c5ccccc5c4C[C@@H](C)N3C[C@H](C)CF)c(F)c2)C1. The molecule has 1 N–H and O–H groups in total. The highest BCUT2D eigenvalue weighted by molar-refractivity contribution is 5.85. The van der Waals surface area contributed by atoms with E-state index >= 15 is 8.78 Å². The van der Waals surface area contributed by atoms with Crippen LogP contribution in [0.25, 0.3) is 10.9 Å². The van der Waals surface area contributed by atoms with Gasteiger partial charge in [-0.3, -0.25) is 14.2 Å². The zero-order valence-electron chi connectivity index (χ0n) is 21.4. The van der Waals surface area contributed by atoms with Gasteiger partial charge in [-0.2, -0.15) is 0 Å². The van der Waals surface area contributed by atoms with Gasteiger partial charge in [0, 0.05) is 66.5 Å². The smallest absolute Gasteiger partial charge is 0.135 e. The van der Waals surface area contributed by atoms with Crippen LogP contribution in [-0.2, 0) is 6.42 Å². The maximum absolute atomic E-state index is 15.7. The van der Waals surface area contributed by atoms with Crippen molar-refractivity contribution in [3.63, 3.8) is 0 Å². The van der Waals surface area contributed by atoms with Crippen molar-refractivity contribution in [2.24, 2.45) is 11.8 Å². The number of halogens is 3. The van der Waals surface area contributed by atoms with Gasteiger partial charge in [-0.05, 0) is 36.8 Å². The number of fused-ring (bicyclic) bond motifs is 3. The minimum Gasteiger partial charge on any atom is -0.492 e. The lowest BCUT2D eigenvalue weighted by Gasteiger charge is -2.42. The highest BCUT2D eigenvalue weighted by atomic mass is 19.1. The molecule has 2 aliphatic rings. The van der Waals surface area contributed by atoms with Gasteiger partial charge >= 0.3 is 0 Å². The summed E-state index contributed by atoms with van der Waals surface area (Å²) in [4.78, 5) is 7.77. The largest absolute Gasteiger partial charge is 0.492 e. The van der Waals surface area contributed by atoms with Gasteiger partial charge in [-0.1, -0.05) is 38.5 Å². The third-order valence-electron chi connectivity index (χ3n) is 7.92. The molecule has 0 unspecified atom stereocenters. The molecule has 4 nitrogen and oxygen atoms in total. The van der Waals surface area contributed by atoms with Gasteiger partial charge in [0.1, 0.15) is 24.0 Å². The summed E-state index contributed by atoms with van der Waals surface area (Å²) in [7, 11) is 0. The Hall–Kier alpha value is -2.51. The van der Waals surface area contributed by atoms with Crippen molar-refractivity contribution < 1.29 is 17.9 Å². The van der Waals surface area contributed by atoms with E-state index < -0.39 is 24.4 Å².